The van der Waals surface area contributed by atoms with Crippen LogP contribution in [0.4, 0.5) is 5.69 Å². The Morgan fingerprint density at radius 3 is 2.52 bits per heavy atom. The second-order valence-electron chi connectivity index (χ2n) is 6.32. The SMILES string of the molecule is Cc1ccc(Cl)cc1NC(=O)CCc1nc(CS(=O)(=O)c2ccc(Cl)cc2)no1. The molecule has 7 nitrogen and oxygen atoms in total. The first-order valence-electron chi connectivity index (χ1n) is 8.59. The van der Waals surface area contributed by atoms with Crippen LogP contribution in [-0.2, 0) is 26.8 Å². The van der Waals surface area contributed by atoms with E-state index in [9.17, 15) is 13.2 Å². The summed E-state index contributed by atoms with van der Waals surface area (Å²) in [4.78, 5) is 16.3. The Labute approximate surface area is 177 Å². The monoisotopic (exact) mass is 453 g/mol. The summed E-state index contributed by atoms with van der Waals surface area (Å²) in [6.07, 6.45) is 0.275. The average Bonchev–Trinajstić information content (AvgIpc) is 3.10. The Morgan fingerprint density at radius 1 is 1.10 bits per heavy atom. The second kappa shape index (κ2) is 8.94. The van der Waals surface area contributed by atoms with Crippen LogP contribution >= 0.6 is 23.2 Å². The summed E-state index contributed by atoms with van der Waals surface area (Å²) in [6, 6.07) is 11.0. The first-order chi connectivity index (χ1) is 13.7. The number of amides is 1. The van der Waals surface area contributed by atoms with Crippen LogP contribution in [0.15, 0.2) is 51.9 Å². The van der Waals surface area contributed by atoms with Crippen LogP contribution in [0.2, 0.25) is 10.0 Å². The van der Waals surface area contributed by atoms with Crippen molar-refractivity contribution in [2.24, 2.45) is 0 Å². The third kappa shape index (κ3) is 5.79. The third-order valence-corrected chi connectivity index (χ3v) is 6.16. The van der Waals surface area contributed by atoms with Gasteiger partial charge in [0.1, 0.15) is 5.75 Å². The molecule has 0 radical (unpaired) electrons. The maximum atomic E-state index is 12.4. The third-order valence-electron chi connectivity index (χ3n) is 4.04. The number of benzene rings is 2. The van der Waals surface area contributed by atoms with E-state index in [1.54, 1.807) is 12.1 Å². The van der Waals surface area contributed by atoms with Crippen molar-refractivity contribution in [3.63, 3.8) is 0 Å². The Morgan fingerprint density at radius 2 is 1.79 bits per heavy atom. The lowest BCUT2D eigenvalue weighted by Gasteiger charge is -2.08. The molecule has 0 saturated heterocycles. The number of aromatic nitrogens is 2. The Balaban J connectivity index is 1.58. The molecule has 2 aromatic carbocycles. The molecule has 0 saturated carbocycles. The maximum absolute atomic E-state index is 12.4. The summed E-state index contributed by atoms with van der Waals surface area (Å²) in [5, 5.41) is 7.43. The topological polar surface area (TPSA) is 102 Å². The van der Waals surface area contributed by atoms with Gasteiger partial charge in [0, 0.05) is 28.6 Å². The molecule has 0 aliphatic carbocycles. The maximum Gasteiger partial charge on any atom is 0.227 e. The number of nitrogens with one attached hydrogen (secondary N) is 1. The fraction of sp³-hybridized carbons (Fsp3) is 0.211. The molecule has 29 heavy (non-hydrogen) atoms. The highest BCUT2D eigenvalue weighted by atomic mass is 35.5. The summed E-state index contributed by atoms with van der Waals surface area (Å²) in [5.74, 6) is -0.444. The van der Waals surface area contributed by atoms with E-state index in [-0.39, 0.29) is 35.4 Å². The van der Waals surface area contributed by atoms with Crippen molar-refractivity contribution in [2.75, 3.05) is 5.32 Å². The highest BCUT2D eigenvalue weighted by Crippen LogP contribution is 2.21. The highest BCUT2D eigenvalue weighted by Gasteiger charge is 2.19. The molecule has 0 aliphatic heterocycles. The largest absolute Gasteiger partial charge is 0.339 e. The lowest BCUT2D eigenvalue weighted by Crippen LogP contribution is -2.13. The summed E-state index contributed by atoms with van der Waals surface area (Å²) in [7, 11) is -3.63. The van der Waals surface area contributed by atoms with Crippen molar-refractivity contribution in [2.45, 2.75) is 30.4 Å². The minimum atomic E-state index is -3.63. The Kier molecular flexibility index (Phi) is 6.56. The molecule has 0 spiro atoms. The Bertz CT molecular complexity index is 1130. The summed E-state index contributed by atoms with van der Waals surface area (Å²) >= 11 is 11.7. The van der Waals surface area contributed by atoms with Gasteiger partial charge in [-0.2, -0.15) is 4.98 Å². The number of halogens is 2. The van der Waals surface area contributed by atoms with E-state index in [1.807, 2.05) is 13.0 Å². The molecule has 0 atom stereocenters. The summed E-state index contributed by atoms with van der Waals surface area (Å²) in [5.41, 5.74) is 1.51. The van der Waals surface area contributed by atoms with E-state index >= 15 is 0 Å². The van der Waals surface area contributed by atoms with Gasteiger partial charge in [-0.05, 0) is 48.9 Å². The van der Waals surface area contributed by atoms with Gasteiger partial charge in [0.05, 0.1) is 4.90 Å². The zero-order valence-electron chi connectivity index (χ0n) is 15.4. The minimum absolute atomic E-state index is 0.0287. The van der Waals surface area contributed by atoms with Crippen LogP contribution in [0.3, 0.4) is 0 Å². The van der Waals surface area contributed by atoms with E-state index < -0.39 is 15.6 Å². The van der Waals surface area contributed by atoms with Crippen LogP contribution < -0.4 is 5.32 Å². The van der Waals surface area contributed by atoms with E-state index in [0.717, 1.165) is 5.56 Å². The smallest absolute Gasteiger partial charge is 0.227 e. The molecule has 0 unspecified atom stereocenters. The van der Waals surface area contributed by atoms with E-state index in [0.29, 0.717) is 15.7 Å². The van der Waals surface area contributed by atoms with Crippen molar-refractivity contribution < 1.29 is 17.7 Å². The number of hydrogen-bond acceptors (Lipinski definition) is 6. The second-order valence-corrected chi connectivity index (χ2v) is 9.19. The normalized spacial score (nSPS) is 11.4. The molecule has 1 amide bonds. The first-order valence-corrected chi connectivity index (χ1v) is 11.0. The van der Waals surface area contributed by atoms with Crippen molar-refractivity contribution in [1.82, 2.24) is 10.1 Å². The predicted octanol–water partition coefficient (Wildman–Crippen LogP) is 4.23. The fourth-order valence-corrected chi connectivity index (χ4v) is 3.98. The zero-order valence-corrected chi connectivity index (χ0v) is 17.7. The molecule has 3 rings (SSSR count). The van der Waals surface area contributed by atoms with Crippen LogP contribution in [0.25, 0.3) is 0 Å². The number of hydrogen-bond donors (Lipinski definition) is 1. The van der Waals surface area contributed by atoms with Gasteiger partial charge in [-0.15, -0.1) is 0 Å². The molecule has 1 aromatic heterocycles. The van der Waals surface area contributed by atoms with Crippen molar-refractivity contribution in [1.29, 1.82) is 0 Å². The van der Waals surface area contributed by atoms with Gasteiger partial charge in [-0.1, -0.05) is 34.4 Å². The molecule has 0 bridgehead atoms. The molecule has 3 aromatic rings. The van der Waals surface area contributed by atoms with Gasteiger partial charge in [-0.25, -0.2) is 8.42 Å². The van der Waals surface area contributed by atoms with E-state index in [2.05, 4.69) is 15.5 Å². The lowest BCUT2D eigenvalue weighted by atomic mass is 10.2. The Hall–Kier alpha value is -2.42. The lowest BCUT2D eigenvalue weighted by molar-refractivity contribution is -0.116. The molecule has 0 fully saturated rings. The van der Waals surface area contributed by atoms with Gasteiger partial charge in [0.15, 0.2) is 15.7 Å². The molecule has 1 N–H and O–H groups in total. The number of carbonyl (C=O) groups is 1. The van der Waals surface area contributed by atoms with Gasteiger partial charge < -0.3 is 9.84 Å². The quantitative estimate of drug-likeness (QED) is 0.573. The van der Waals surface area contributed by atoms with E-state index in [1.165, 1.54) is 24.3 Å². The first kappa shape index (κ1) is 21.3. The molecule has 1 heterocycles. The van der Waals surface area contributed by atoms with Crippen LogP contribution in [-0.4, -0.2) is 24.5 Å². The van der Waals surface area contributed by atoms with Crippen molar-refractivity contribution >= 4 is 44.6 Å². The highest BCUT2D eigenvalue weighted by molar-refractivity contribution is 7.90. The standard InChI is InChI=1S/C19H17Cl2N3O4S/c1-12-2-3-14(21)10-16(12)22-18(25)8-9-19-23-17(24-28-19)11-29(26,27)15-6-4-13(20)5-7-15/h2-7,10H,8-9,11H2,1H3,(H,22,25). The molecular weight excluding hydrogens is 437 g/mol. The van der Waals surface area contributed by atoms with Gasteiger partial charge in [0.25, 0.3) is 0 Å². The zero-order chi connectivity index (χ0) is 21.0. The number of rotatable bonds is 7. The number of sulfone groups is 1. The van der Waals surface area contributed by atoms with Crippen molar-refractivity contribution in [3.05, 3.63) is 69.8 Å². The average molecular weight is 454 g/mol. The number of anilines is 1. The van der Waals surface area contributed by atoms with E-state index in [4.69, 9.17) is 27.7 Å². The molecule has 152 valence electrons. The van der Waals surface area contributed by atoms with Crippen LogP contribution in [0.5, 0.6) is 0 Å². The van der Waals surface area contributed by atoms with Crippen molar-refractivity contribution in [3.8, 4) is 0 Å². The molecule has 10 heteroatoms. The predicted molar refractivity (Wildman–Crippen MR) is 110 cm³/mol. The van der Waals surface area contributed by atoms with Gasteiger partial charge in [0.2, 0.25) is 11.8 Å². The molecular formula is C19H17Cl2N3O4S. The summed E-state index contributed by atoms with van der Waals surface area (Å²) in [6.45, 7) is 1.86. The fourth-order valence-electron chi connectivity index (χ4n) is 2.51. The summed E-state index contributed by atoms with van der Waals surface area (Å²) < 4.78 is 29.9. The minimum Gasteiger partial charge on any atom is -0.339 e. The number of carbonyl (C=O) groups excluding carboxylic acids is 1. The molecule has 0 aliphatic rings. The van der Waals surface area contributed by atoms with Crippen LogP contribution in [0.1, 0.15) is 23.7 Å². The van der Waals surface area contributed by atoms with Gasteiger partial charge in [-0.3, -0.25) is 4.79 Å². The van der Waals surface area contributed by atoms with Crippen LogP contribution in [0, 0.1) is 6.92 Å². The number of aryl methyl sites for hydroxylation is 2. The number of nitrogens with zero attached hydrogens (tertiary/aromatic N) is 2. The van der Waals surface area contributed by atoms with Gasteiger partial charge >= 0.3 is 0 Å².